The predicted octanol–water partition coefficient (Wildman–Crippen LogP) is 0.330. The van der Waals surface area contributed by atoms with Crippen molar-refractivity contribution >= 4 is 11.9 Å². The van der Waals surface area contributed by atoms with Crippen LogP contribution in [0, 0.1) is 0 Å². The third kappa shape index (κ3) is 2.26. The fraction of sp³-hybridized carbons (Fsp3) is 0. The number of hydrogen-bond donors (Lipinski definition) is 2. The van der Waals surface area contributed by atoms with Gasteiger partial charge in [-0.2, -0.15) is 0 Å². The molecule has 0 unspecified atom stereocenters. The van der Waals surface area contributed by atoms with Gasteiger partial charge in [0.05, 0.1) is 0 Å². The van der Waals surface area contributed by atoms with E-state index in [9.17, 15) is 9.59 Å². The maximum atomic E-state index is 10.7. The Hall–Kier alpha value is -2.90. The maximum Gasteiger partial charge on any atom is 0.354 e. The van der Waals surface area contributed by atoms with Gasteiger partial charge < -0.3 is 10.2 Å². The Morgan fingerprint density at radius 3 is 1.56 bits per heavy atom. The summed E-state index contributed by atoms with van der Waals surface area (Å²) in [5, 5.41) is 17.5. The Bertz CT molecular complexity index is 573. The standard InChI is InChI=1S/C10H6N4O4/c15-9(16)5-1-3-11-7(13-5)8-12-4-2-6(14-8)10(17)18/h1-4H,(H,15,16)(H,17,18). The molecule has 2 aromatic heterocycles. The van der Waals surface area contributed by atoms with Gasteiger partial charge in [0.15, 0.2) is 23.0 Å². The molecule has 0 amide bonds. The van der Waals surface area contributed by atoms with Crippen LogP contribution in [0.5, 0.6) is 0 Å². The van der Waals surface area contributed by atoms with Gasteiger partial charge in [0.1, 0.15) is 0 Å². The van der Waals surface area contributed by atoms with Crippen LogP contribution >= 0.6 is 0 Å². The lowest BCUT2D eigenvalue weighted by Gasteiger charge is -2.00. The topological polar surface area (TPSA) is 126 Å². The van der Waals surface area contributed by atoms with Crippen molar-refractivity contribution < 1.29 is 19.8 Å². The summed E-state index contributed by atoms with van der Waals surface area (Å²) >= 11 is 0. The van der Waals surface area contributed by atoms with Gasteiger partial charge in [-0.15, -0.1) is 0 Å². The van der Waals surface area contributed by atoms with Crippen molar-refractivity contribution in [3.8, 4) is 11.6 Å². The molecule has 0 aromatic carbocycles. The van der Waals surface area contributed by atoms with Crippen molar-refractivity contribution in [2.24, 2.45) is 0 Å². The Kier molecular flexibility index (Phi) is 2.92. The first-order chi connectivity index (χ1) is 8.58. The highest BCUT2D eigenvalue weighted by atomic mass is 16.4. The Balaban J connectivity index is 2.48. The first kappa shape index (κ1) is 11.6. The molecule has 0 bridgehead atoms. The maximum absolute atomic E-state index is 10.7. The summed E-state index contributed by atoms with van der Waals surface area (Å²) < 4.78 is 0. The number of aromatic carboxylic acids is 2. The van der Waals surface area contributed by atoms with Gasteiger partial charge >= 0.3 is 11.9 Å². The Morgan fingerprint density at radius 2 is 1.22 bits per heavy atom. The predicted molar refractivity (Wildman–Crippen MR) is 57.0 cm³/mol. The molecule has 2 heterocycles. The van der Waals surface area contributed by atoms with E-state index in [0.29, 0.717) is 0 Å². The first-order valence-corrected chi connectivity index (χ1v) is 4.71. The molecule has 2 N–H and O–H groups in total. The molecule has 0 fully saturated rings. The van der Waals surface area contributed by atoms with Crippen molar-refractivity contribution in [2.75, 3.05) is 0 Å². The Labute approximate surface area is 100 Å². The minimum atomic E-state index is -1.21. The second kappa shape index (κ2) is 4.53. The number of carboxylic acids is 2. The number of nitrogens with zero attached hydrogens (tertiary/aromatic N) is 4. The van der Waals surface area contributed by atoms with E-state index in [1.807, 2.05) is 0 Å². The summed E-state index contributed by atoms with van der Waals surface area (Å²) in [5.74, 6) is -2.52. The van der Waals surface area contributed by atoms with Gasteiger partial charge in [-0.1, -0.05) is 0 Å². The molecule has 0 aliphatic carbocycles. The lowest BCUT2D eigenvalue weighted by Crippen LogP contribution is -2.06. The van der Waals surface area contributed by atoms with Crippen molar-refractivity contribution in [3.05, 3.63) is 35.9 Å². The molecule has 2 rings (SSSR count). The van der Waals surface area contributed by atoms with E-state index >= 15 is 0 Å². The lowest BCUT2D eigenvalue weighted by molar-refractivity contribution is 0.0679. The van der Waals surface area contributed by atoms with Crippen LogP contribution in [-0.2, 0) is 0 Å². The van der Waals surface area contributed by atoms with Gasteiger partial charge in [0.2, 0.25) is 0 Å². The summed E-state index contributed by atoms with van der Waals surface area (Å²) in [6.07, 6.45) is 2.48. The van der Waals surface area contributed by atoms with Gasteiger partial charge in [0, 0.05) is 12.4 Å². The molecule has 0 radical (unpaired) electrons. The zero-order valence-electron chi connectivity index (χ0n) is 8.81. The normalized spacial score (nSPS) is 10.0. The van der Waals surface area contributed by atoms with Crippen LogP contribution in [-0.4, -0.2) is 42.1 Å². The molecule has 0 atom stereocenters. The number of aromatic nitrogens is 4. The highest BCUT2D eigenvalue weighted by Gasteiger charge is 2.12. The van der Waals surface area contributed by atoms with Crippen molar-refractivity contribution in [1.29, 1.82) is 0 Å². The SMILES string of the molecule is O=C(O)c1ccnc(-c2nccc(C(=O)O)n2)n1. The van der Waals surface area contributed by atoms with Crippen LogP contribution in [0.4, 0.5) is 0 Å². The smallest absolute Gasteiger partial charge is 0.354 e. The summed E-state index contributed by atoms with van der Waals surface area (Å²) in [6, 6.07) is 2.43. The monoisotopic (exact) mass is 246 g/mol. The molecule has 90 valence electrons. The molecule has 18 heavy (non-hydrogen) atoms. The average Bonchev–Trinajstić information content (AvgIpc) is 2.39. The van der Waals surface area contributed by atoms with E-state index < -0.39 is 11.9 Å². The van der Waals surface area contributed by atoms with Crippen LogP contribution < -0.4 is 0 Å². The van der Waals surface area contributed by atoms with Gasteiger partial charge in [0.25, 0.3) is 0 Å². The summed E-state index contributed by atoms with van der Waals surface area (Å²) in [6.45, 7) is 0. The van der Waals surface area contributed by atoms with E-state index in [4.69, 9.17) is 10.2 Å². The van der Waals surface area contributed by atoms with Gasteiger partial charge in [-0.3, -0.25) is 0 Å². The van der Waals surface area contributed by atoms with Crippen molar-refractivity contribution in [1.82, 2.24) is 19.9 Å². The summed E-state index contributed by atoms with van der Waals surface area (Å²) in [7, 11) is 0. The van der Waals surface area contributed by atoms with Crippen LogP contribution in [0.2, 0.25) is 0 Å². The molecule has 2 aromatic rings. The van der Waals surface area contributed by atoms with E-state index in [-0.39, 0.29) is 23.0 Å². The number of hydrogen-bond acceptors (Lipinski definition) is 6. The van der Waals surface area contributed by atoms with Crippen LogP contribution in [0.3, 0.4) is 0 Å². The van der Waals surface area contributed by atoms with Crippen molar-refractivity contribution in [2.45, 2.75) is 0 Å². The van der Waals surface area contributed by atoms with Crippen LogP contribution in [0.1, 0.15) is 21.0 Å². The molecule has 0 aliphatic rings. The van der Waals surface area contributed by atoms with E-state index in [1.54, 1.807) is 0 Å². The fourth-order valence-electron chi connectivity index (χ4n) is 1.17. The molecule has 0 saturated carbocycles. The van der Waals surface area contributed by atoms with Crippen molar-refractivity contribution in [3.63, 3.8) is 0 Å². The highest BCUT2D eigenvalue weighted by Crippen LogP contribution is 2.09. The molecular weight excluding hydrogens is 240 g/mol. The zero-order valence-corrected chi connectivity index (χ0v) is 8.81. The molecule has 8 heteroatoms. The number of carboxylic acid groups (broad SMARTS) is 2. The first-order valence-electron chi connectivity index (χ1n) is 4.71. The molecule has 0 saturated heterocycles. The van der Waals surface area contributed by atoms with E-state index in [0.717, 1.165) is 0 Å². The van der Waals surface area contributed by atoms with E-state index in [2.05, 4.69) is 19.9 Å². The minimum Gasteiger partial charge on any atom is -0.477 e. The molecule has 8 nitrogen and oxygen atoms in total. The fourth-order valence-corrected chi connectivity index (χ4v) is 1.17. The van der Waals surface area contributed by atoms with Gasteiger partial charge in [-0.25, -0.2) is 29.5 Å². The number of carbonyl (C=O) groups is 2. The largest absolute Gasteiger partial charge is 0.477 e. The summed E-state index contributed by atoms with van der Waals surface area (Å²) in [5.41, 5.74) is -0.436. The molecule has 0 aliphatic heterocycles. The van der Waals surface area contributed by atoms with Crippen LogP contribution in [0.15, 0.2) is 24.5 Å². The summed E-state index contributed by atoms with van der Waals surface area (Å²) in [4.78, 5) is 36.5. The highest BCUT2D eigenvalue weighted by molar-refractivity contribution is 5.86. The minimum absolute atomic E-state index is 0.0435. The molecular formula is C10H6N4O4. The van der Waals surface area contributed by atoms with Crippen LogP contribution in [0.25, 0.3) is 11.6 Å². The molecule has 0 spiro atoms. The zero-order chi connectivity index (χ0) is 13.1. The number of rotatable bonds is 3. The third-order valence-corrected chi connectivity index (χ3v) is 1.95. The third-order valence-electron chi connectivity index (χ3n) is 1.95. The quantitative estimate of drug-likeness (QED) is 0.793. The average molecular weight is 246 g/mol. The second-order valence-electron chi connectivity index (χ2n) is 3.14. The second-order valence-corrected chi connectivity index (χ2v) is 3.14. The lowest BCUT2D eigenvalue weighted by atomic mass is 10.3. The Morgan fingerprint density at radius 1 is 0.833 bits per heavy atom. The van der Waals surface area contributed by atoms with E-state index in [1.165, 1.54) is 24.5 Å². The van der Waals surface area contributed by atoms with Gasteiger partial charge in [-0.05, 0) is 12.1 Å².